The average molecular weight is 194 g/mol. The molecule has 1 aromatic heterocycles. The second kappa shape index (κ2) is 4.53. The molecule has 3 nitrogen and oxygen atoms in total. The Balaban J connectivity index is 2.39. The van der Waals surface area contributed by atoms with Crippen LogP contribution >= 0.6 is 0 Å². The molecule has 0 saturated heterocycles. The standard InChI is InChI=1S/C11H18N2O/c1-9-5-4-6-10(13-9)7-14-8-11(2,3)12/h4-6H,7-8,12H2,1-3H3. The minimum absolute atomic E-state index is 0.274. The Labute approximate surface area is 85.3 Å². The molecule has 0 aromatic carbocycles. The van der Waals surface area contributed by atoms with E-state index in [1.165, 1.54) is 0 Å². The molecule has 0 saturated carbocycles. The van der Waals surface area contributed by atoms with Gasteiger partial charge in [0, 0.05) is 11.2 Å². The zero-order valence-corrected chi connectivity index (χ0v) is 9.08. The smallest absolute Gasteiger partial charge is 0.0888 e. The maximum absolute atomic E-state index is 5.78. The van der Waals surface area contributed by atoms with E-state index in [1.54, 1.807) is 0 Å². The molecule has 2 N–H and O–H groups in total. The third kappa shape index (κ3) is 4.35. The summed E-state index contributed by atoms with van der Waals surface area (Å²) in [6.07, 6.45) is 0. The Morgan fingerprint density at radius 2 is 2.14 bits per heavy atom. The van der Waals surface area contributed by atoms with Crippen LogP contribution in [0, 0.1) is 6.92 Å². The predicted molar refractivity (Wildman–Crippen MR) is 56.9 cm³/mol. The van der Waals surface area contributed by atoms with Crippen molar-refractivity contribution in [2.24, 2.45) is 5.73 Å². The van der Waals surface area contributed by atoms with Crippen molar-refractivity contribution in [2.75, 3.05) is 6.61 Å². The number of hydrogen-bond donors (Lipinski definition) is 1. The molecule has 0 bridgehead atoms. The summed E-state index contributed by atoms with van der Waals surface area (Å²) in [5, 5.41) is 0. The molecule has 0 spiro atoms. The van der Waals surface area contributed by atoms with E-state index in [0.29, 0.717) is 13.2 Å². The topological polar surface area (TPSA) is 48.1 Å². The van der Waals surface area contributed by atoms with Crippen LogP contribution in [-0.4, -0.2) is 17.1 Å². The van der Waals surface area contributed by atoms with E-state index in [-0.39, 0.29) is 5.54 Å². The molecule has 1 rings (SSSR count). The van der Waals surface area contributed by atoms with Crippen LogP contribution in [-0.2, 0) is 11.3 Å². The predicted octanol–water partition coefficient (Wildman–Crippen LogP) is 1.64. The summed E-state index contributed by atoms with van der Waals surface area (Å²) >= 11 is 0. The summed E-state index contributed by atoms with van der Waals surface area (Å²) in [7, 11) is 0. The molecule has 0 fully saturated rings. The van der Waals surface area contributed by atoms with Gasteiger partial charge in [-0.15, -0.1) is 0 Å². The van der Waals surface area contributed by atoms with Gasteiger partial charge in [-0.1, -0.05) is 6.07 Å². The Morgan fingerprint density at radius 1 is 1.43 bits per heavy atom. The van der Waals surface area contributed by atoms with Gasteiger partial charge in [0.25, 0.3) is 0 Å². The highest BCUT2D eigenvalue weighted by Gasteiger charge is 2.10. The largest absolute Gasteiger partial charge is 0.373 e. The van der Waals surface area contributed by atoms with Gasteiger partial charge in [0.15, 0.2) is 0 Å². The van der Waals surface area contributed by atoms with Crippen molar-refractivity contribution in [1.82, 2.24) is 4.98 Å². The Bertz CT molecular complexity index is 292. The molecular formula is C11H18N2O. The average Bonchev–Trinajstić information content (AvgIpc) is 2.01. The third-order valence-electron chi connectivity index (χ3n) is 1.67. The molecule has 14 heavy (non-hydrogen) atoms. The Hall–Kier alpha value is -0.930. The van der Waals surface area contributed by atoms with Crippen molar-refractivity contribution >= 4 is 0 Å². The molecule has 78 valence electrons. The number of aryl methyl sites for hydroxylation is 1. The molecule has 0 aliphatic carbocycles. The first kappa shape index (κ1) is 11.1. The molecule has 0 amide bonds. The van der Waals surface area contributed by atoms with Crippen LogP contribution in [0.3, 0.4) is 0 Å². The first-order chi connectivity index (χ1) is 6.47. The van der Waals surface area contributed by atoms with E-state index in [0.717, 1.165) is 11.4 Å². The second-order valence-electron chi connectivity index (χ2n) is 4.25. The number of nitrogens with zero attached hydrogens (tertiary/aromatic N) is 1. The first-order valence-electron chi connectivity index (χ1n) is 4.76. The van der Waals surface area contributed by atoms with E-state index >= 15 is 0 Å². The molecule has 0 radical (unpaired) electrons. The lowest BCUT2D eigenvalue weighted by Crippen LogP contribution is -2.37. The maximum atomic E-state index is 5.78. The van der Waals surface area contributed by atoms with Crippen molar-refractivity contribution < 1.29 is 4.74 Å². The third-order valence-corrected chi connectivity index (χ3v) is 1.67. The van der Waals surface area contributed by atoms with E-state index in [1.807, 2.05) is 39.0 Å². The zero-order valence-electron chi connectivity index (χ0n) is 9.08. The van der Waals surface area contributed by atoms with E-state index < -0.39 is 0 Å². The van der Waals surface area contributed by atoms with Gasteiger partial charge in [0.1, 0.15) is 0 Å². The summed E-state index contributed by atoms with van der Waals surface area (Å²) in [6, 6.07) is 5.90. The quantitative estimate of drug-likeness (QED) is 0.792. The SMILES string of the molecule is Cc1cccc(COCC(C)(C)N)n1. The minimum atomic E-state index is -0.274. The van der Waals surface area contributed by atoms with E-state index in [2.05, 4.69) is 4.98 Å². The van der Waals surface area contributed by atoms with Crippen LogP contribution < -0.4 is 5.73 Å². The Morgan fingerprint density at radius 3 is 2.71 bits per heavy atom. The van der Waals surface area contributed by atoms with Gasteiger partial charge >= 0.3 is 0 Å². The minimum Gasteiger partial charge on any atom is -0.373 e. The van der Waals surface area contributed by atoms with Gasteiger partial charge in [0.2, 0.25) is 0 Å². The van der Waals surface area contributed by atoms with Crippen LogP contribution in [0.2, 0.25) is 0 Å². The molecule has 3 heteroatoms. The van der Waals surface area contributed by atoms with Crippen molar-refractivity contribution in [3.05, 3.63) is 29.6 Å². The van der Waals surface area contributed by atoms with Crippen LogP contribution in [0.5, 0.6) is 0 Å². The van der Waals surface area contributed by atoms with Gasteiger partial charge in [-0.2, -0.15) is 0 Å². The lowest BCUT2D eigenvalue weighted by molar-refractivity contribution is 0.0829. The number of rotatable bonds is 4. The van der Waals surface area contributed by atoms with Crippen LogP contribution in [0.15, 0.2) is 18.2 Å². The number of aromatic nitrogens is 1. The highest BCUT2D eigenvalue weighted by molar-refractivity contribution is 5.08. The Kier molecular flexibility index (Phi) is 3.61. The van der Waals surface area contributed by atoms with Gasteiger partial charge in [-0.25, -0.2) is 0 Å². The molecule has 0 unspecified atom stereocenters. The van der Waals surface area contributed by atoms with Gasteiger partial charge in [-0.05, 0) is 32.9 Å². The van der Waals surface area contributed by atoms with E-state index in [4.69, 9.17) is 10.5 Å². The highest BCUT2D eigenvalue weighted by atomic mass is 16.5. The second-order valence-corrected chi connectivity index (χ2v) is 4.25. The summed E-state index contributed by atoms with van der Waals surface area (Å²) in [5.74, 6) is 0. The van der Waals surface area contributed by atoms with Crippen molar-refractivity contribution in [2.45, 2.75) is 32.9 Å². The van der Waals surface area contributed by atoms with Crippen molar-refractivity contribution in [1.29, 1.82) is 0 Å². The molecule has 0 aliphatic heterocycles. The molecule has 1 heterocycles. The molecular weight excluding hydrogens is 176 g/mol. The number of pyridine rings is 1. The fourth-order valence-electron chi connectivity index (χ4n) is 1.10. The van der Waals surface area contributed by atoms with E-state index in [9.17, 15) is 0 Å². The van der Waals surface area contributed by atoms with Gasteiger partial charge < -0.3 is 10.5 Å². The maximum Gasteiger partial charge on any atom is 0.0888 e. The fourth-order valence-corrected chi connectivity index (χ4v) is 1.10. The fraction of sp³-hybridized carbons (Fsp3) is 0.545. The lowest BCUT2D eigenvalue weighted by Gasteiger charge is -2.17. The first-order valence-corrected chi connectivity index (χ1v) is 4.76. The molecule has 0 aliphatic rings. The van der Waals surface area contributed by atoms with Crippen molar-refractivity contribution in [3.63, 3.8) is 0 Å². The highest BCUT2D eigenvalue weighted by Crippen LogP contribution is 2.03. The summed E-state index contributed by atoms with van der Waals surface area (Å²) < 4.78 is 5.45. The number of hydrogen-bond acceptors (Lipinski definition) is 3. The summed E-state index contributed by atoms with van der Waals surface area (Å²) in [5.41, 5.74) is 7.48. The number of ether oxygens (including phenoxy) is 1. The van der Waals surface area contributed by atoms with Crippen LogP contribution in [0.4, 0.5) is 0 Å². The lowest BCUT2D eigenvalue weighted by atomic mass is 10.1. The summed E-state index contributed by atoms with van der Waals surface area (Å²) in [6.45, 7) is 6.93. The van der Waals surface area contributed by atoms with Crippen LogP contribution in [0.25, 0.3) is 0 Å². The van der Waals surface area contributed by atoms with Gasteiger partial charge in [0.05, 0.1) is 18.9 Å². The molecule has 1 aromatic rings. The zero-order chi connectivity index (χ0) is 10.6. The monoisotopic (exact) mass is 194 g/mol. The van der Waals surface area contributed by atoms with Gasteiger partial charge in [-0.3, -0.25) is 4.98 Å². The summed E-state index contributed by atoms with van der Waals surface area (Å²) in [4.78, 5) is 4.33. The normalized spacial score (nSPS) is 11.7. The number of nitrogens with two attached hydrogens (primary N) is 1. The molecule has 0 atom stereocenters. The van der Waals surface area contributed by atoms with Crippen molar-refractivity contribution in [3.8, 4) is 0 Å². The van der Waals surface area contributed by atoms with Crippen LogP contribution in [0.1, 0.15) is 25.2 Å².